The molecule has 1 atom stereocenters. The number of carbonyl (C=O) groups excluding carboxylic acids is 3. The monoisotopic (exact) mass is 527 g/mol. The van der Waals surface area contributed by atoms with E-state index in [1.165, 1.54) is 0 Å². The Balaban J connectivity index is 1.39. The van der Waals surface area contributed by atoms with Crippen molar-refractivity contribution in [2.75, 3.05) is 19.6 Å². The molecule has 2 heterocycles. The van der Waals surface area contributed by atoms with Gasteiger partial charge in [0.25, 0.3) is 5.91 Å². The van der Waals surface area contributed by atoms with Crippen LogP contribution < -0.4 is 5.32 Å². The van der Waals surface area contributed by atoms with Crippen LogP contribution in [-0.4, -0.2) is 59.2 Å². The van der Waals surface area contributed by atoms with Crippen LogP contribution >= 0.6 is 0 Å². The number of piperazine rings is 1. The fourth-order valence-electron chi connectivity index (χ4n) is 5.32. The van der Waals surface area contributed by atoms with Crippen molar-refractivity contribution in [1.82, 2.24) is 15.1 Å². The van der Waals surface area contributed by atoms with Crippen LogP contribution in [0.2, 0.25) is 0 Å². The van der Waals surface area contributed by atoms with Crippen molar-refractivity contribution in [3.63, 3.8) is 0 Å². The number of nitrogens with one attached hydrogen (secondary N) is 1. The third kappa shape index (κ3) is 5.32. The Labute approximate surface area is 228 Å². The van der Waals surface area contributed by atoms with Crippen molar-refractivity contribution in [2.24, 2.45) is 0 Å². The summed E-state index contributed by atoms with van der Waals surface area (Å²) in [5.41, 5.74) is 1.39. The van der Waals surface area contributed by atoms with E-state index >= 15 is 0 Å². The number of ether oxygens (including phenoxy) is 2. The predicted molar refractivity (Wildman–Crippen MR) is 146 cm³/mol. The summed E-state index contributed by atoms with van der Waals surface area (Å²) < 4.78 is 11.5. The van der Waals surface area contributed by atoms with Gasteiger partial charge in [-0.05, 0) is 38.5 Å². The molecule has 0 bridgehead atoms. The van der Waals surface area contributed by atoms with Crippen molar-refractivity contribution in [1.29, 1.82) is 0 Å². The first-order valence-corrected chi connectivity index (χ1v) is 13.1. The summed E-state index contributed by atoms with van der Waals surface area (Å²) in [7, 11) is 0. The molecule has 3 amide bonds. The van der Waals surface area contributed by atoms with E-state index in [0.29, 0.717) is 25.2 Å². The van der Waals surface area contributed by atoms with E-state index in [1.54, 1.807) is 48.8 Å². The summed E-state index contributed by atoms with van der Waals surface area (Å²) in [6, 6.07) is 26.2. The second-order valence-electron chi connectivity index (χ2n) is 10.9. The summed E-state index contributed by atoms with van der Waals surface area (Å²) in [6.45, 7) is 6.73. The molecule has 2 aliphatic rings. The minimum atomic E-state index is -1.04. The molecule has 39 heavy (non-hydrogen) atoms. The molecule has 8 heteroatoms. The number of rotatable bonds is 5. The molecule has 1 N–H and O–H groups in total. The molecule has 2 fully saturated rings. The fourth-order valence-corrected chi connectivity index (χ4v) is 5.32. The Bertz CT molecular complexity index is 1310. The molecule has 0 aliphatic carbocycles. The topological polar surface area (TPSA) is 88.2 Å². The van der Waals surface area contributed by atoms with E-state index in [1.807, 2.05) is 66.7 Å². The maximum absolute atomic E-state index is 13.7. The largest absolute Gasteiger partial charge is 0.444 e. The molecular weight excluding hydrogens is 494 g/mol. The molecule has 202 valence electrons. The van der Waals surface area contributed by atoms with Crippen molar-refractivity contribution in [2.45, 2.75) is 44.6 Å². The van der Waals surface area contributed by atoms with E-state index in [4.69, 9.17) is 9.47 Å². The Kier molecular flexibility index (Phi) is 7.04. The van der Waals surface area contributed by atoms with Gasteiger partial charge in [0, 0.05) is 42.9 Å². The van der Waals surface area contributed by atoms with Crippen LogP contribution in [0.5, 0.6) is 0 Å². The van der Waals surface area contributed by atoms with Gasteiger partial charge in [-0.1, -0.05) is 72.8 Å². The molecule has 0 saturated carbocycles. The van der Waals surface area contributed by atoms with Crippen LogP contribution in [0.4, 0.5) is 9.59 Å². The average molecular weight is 528 g/mol. The third-order valence-electron chi connectivity index (χ3n) is 7.03. The molecule has 3 aromatic rings. The van der Waals surface area contributed by atoms with E-state index in [2.05, 4.69) is 5.32 Å². The van der Waals surface area contributed by atoms with Crippen molar-refractivity contribution < 1.29 is 23.9 Å². The second kappa shape index (κ2) is 10.4. The number of nitrogens with zero attached hydrogens (tertiary/aromatic N) is 2. The first-order chi connectivity index (χ1) is 18.7. The van der Waals surface area contributed by atoms with Gasteiger partial charge in [-0.3, -0.25) is 9.69 Å². The SMILES string of the molecule is CC(C)(C)OC(=O)NCc1cccc(C(=O)N2CCN3C(=O)OC(c4ccccc4)(c4ccccc4)C3C2)c1. The predicted octanol–water partition coefficient (Wildman–Crippen LogP) is 4.93. The zero-order chi connectivity index (χ0) is 27.6. The van der Waals surface area contributed by atoms with Crippen LogP contribution in [-0.2, 0) is 21.6 Å². The highest BCUT2D eigenvalue weighted by atomic mass is 16.6. The van der Waals surface area contributed by atoms with Gasteiger partial charge in [0.05, 0.1) is 0 Å². The van der Waals surface area contributed by atoms with Gasteiger partial charge in [0.2, 0.25) is 0 Å². The Morgan fingerprint density at radius 2 is 1.59 bits per heavy atom. The summed E-state index contributed by atoms with van der Waals surface area (Å²) in [5.74, 6) is -0.136. The zero-order valence-corrected chi connectivity index (χ0v) is 22.4. The van der Waals surface area contributed by atoms with Gasteiger partial charge in [-0.15, -0.1) is 0 Å². The number of hydrogen-bond donors (Lipinski definition) is 1. The lowest BCUT2D eigenvalue weighted by Gasteiger charge is -2.42. The van der Waals surface area contributed by atoms with Gasteiger partial charge in [-0.2, -0.15) is 0 Å². The van der Waals surface area contributed by atoms with E-state index in [-0.39, 0.29) is 18.5 Å². The minimum Gasteiger partial charge on any atom is -0.444 e. The third-order valence-corrected chi connectivity index (χ3v) is 7.03. The number of benzene rings is 3. The zero-order valence-electron chi connectivity index (χ0n) is 22.4. The smallest absolute Gasteiger partial charge is 0.411 e. The number of fused-ring (bicyclic) bond motifs is 1. The van der Waals surface area contributed by atoms with Crippen LogP contribution in [0.25, 0.3) is 0 Å². The van der Waals surface area contributed by atoms with Crippen LogP contribution in [0.15, 0.2) is 84.9 Å². The number of amides is 3. The molecule has 5 rings (SSSR count). The Hall–Kier alpha value is -4.33. The molecule has 0 radical (unpaired) electrons. The highest BCUT2D eigenvalue weighted by molar-refractivity contribution is 5.94. The van der Waals surface area contributed by atoms with Gasteiger partial charge < -0.3 is 19.7 Å². The lowest BCUT2D eigenvalue weighted by atomic mass is 9.79. The van der Waals surface area contributed by atoms with Gasteiger partial charge in [0.15, 0.2) is 5.60 Å². The number of carbonyl (C=O) groups is 3. The quantitative estimate of drug-likeness (QED) is 0.508. The molecule has 1 unspecified atom stereocenters. The molecular formula is C31H33N3O5. The van der Waals surface area contributed by atoms with Crippen LogP contribution in [0, 0.1) is 0 Å². The second-order valence-corrected chi connectivity index (χ2v) is 10.9. The van der Waals surface area contributed by atoms with Crippen molar-refractivity contribution >= 4 is 18.1 Å². The fraction of sp³-hybridized carbons (Fsp3) is 0.323. The maximum Gasteiger partial charge on any atom is 0.411 e. The van der Waals surface area contributed by atoms with Crippen LogP contribution in [0.1, 0.15) is 47.8 Å². The summed E-state index contributed by atoms with van der Waals surface area (Å²) in [4.78, 5) is 42.4. The maximum atomic E-state index is 13.7. The average Bonchev–Trinajstić information content (AvgIpc) is 3.24. The molecule has 3 aromatic carbocycles. The molecule has 2 saturated heterocycles. The number of hydrogen-bond acceptors (Lipinski definition) is 5. The summed E-state index contributed by atoms with van der Waals surface area (Å²) >= 11 is 0. The first-order valence-electron chi connectivity index (χ1n) is 13.1. The summed E-state index contributed by atoms with van der Waals surface area (Å²) in [6.07, 6.45) is -0.894. The molecule has 8 nitrogen and oxygen atoms in total. The lowest BCUT2D eigenvalue weighted by Crippen LogP contribution is -2.58. The first kappa shape index (κ1) is 26.3. The Morgan fingerprint density at radius 1 is 0.949 bits per heavy atom. The van der Waals surface area contributed by atoms with E-state index < -0.39 is 23.3 Å². The highest BCUT2D eigenvalue weighted by Gasteiger charge is 2.58. The molecule has 0 spiro atoms. The van der Waals surface area contributed by atoms with Crippen molar-refractivity contribution in [3.05, 3.63) is 107 Å². The normalized spacial score (nSPS) is 18.2. The van der Waals surface area contributed by atoms with Gasteiger partial charge >= 0.3 is 12.2 Å². The van der Waals surface area contributed by atoms with E-state index in [0.717, 1.165) is 16.7 Å². The molecule has 0 aromatic heterocycles. The number of cyclic esters (lactones) is 1. The van der Waals surface area contributed by atoms with Crippen LogP contribution in [0.3, 0.4) is 0 Å². The highest BCUT2D eigenvalue weighted by Crippen LogP contribution is 2.45. The molecule has 2 aliphatic heterocycles. The standard InChI is InChI=1S/C31H33N3O5/c1-30(2,3)38-28(36)32-20-22-11-10-12-23(19-22)27(35)33-17-18-34-26(21-33)31(39-29(34)37,24-13-6-4-7-14-24)25-15-8-5-9-16-25/h4-16,19,26H,17-18,20-21H2,1-3H3,(H,32,36). The minimum absolute atomic E-state index is 0.136. The van der Waals surface area contributed by atoms with Gasteiger partial charge in [-0.25, -0.2) is 9.59 Å². The number of alkyl carbamates (subject to hydrolysis) is 1. The Morgan fingerprint density at radius 3 is 2.21 bits per heavy atom. The van der Waals surface area contributed by atoms with E-state index in [9.17, 15) is 14.4 Å². The lowest BCUT2D eigenvalue weighted by molar-refractivity contribution is 0.0372. The van der Waals surface area contributed by atoms with Gasteiger partial charge in [0.1, 0.15) is 11.6 Å². The van der Waals surface area contributed by atoms with Crippen molar-refractivity contribution in [3.8, 4) is 0 Å². The summed E-state index contributed by atoms with van der Waals surface area (Å²) in [5, 5.41) is 2.74.